The van der Waals surface area contributed by atoms with Gasteiger partial charge < -0.3 is 19.8 Å². The van der Waals surface area contributed by atoms with Crippen LogP contribution in [0.25, 0.3) is 21.7 Å². The maximum atomic E-state index is 11.6. The molecule has 0 unspecified atom stereocenters. The first-order valence-corrected chi connectivity index (χ1v) is 9.70. The molecule has 0 aliphatic heterocycles. The Bertz CT molecular complexity index is 1170. The number of methoxy groups -OCH3 is 1. The SMILES string of the molecule is COC(=O)c1nnc(-c2cnc(Nc3ccc4ncsc4c3)cc2NC(C)C)o1. The number of anilines is 3. The number of nitrogens with one attached hydrogen (secondary N) is 2. The monoisotopic (exact) mass is 410 g/mol. The molecule has 2 N–H and O–H groups in total. The number of carbonyl (C=O) groups excluding carboxylic acids is 1. The molecule has 29 heavy (non-hydrogen) atoms. The lowest BCUT2D eigenvalue weighted by Crippen LogP contribution is -2.11. The maximum Gasteiger partial charge on any atom is 0.396 e. The Morgan fingerprint density at radius 3 is 2.86 bits per heavy atom. The lowest BCUT2D eigenvalue weighted by molar-refractivity contribution is 0.0556. The summed E-state index contributed by atoms with van der Waals surface area (Å²) in [6.45, 7) is 4.03. The first-order chi connectivity index (χ1) is 14.0. The summed E-state index contributed by atoms with van der Waals surface area (Å²) in [4.78, 5) is 20.3. The molecule has 0 atom stereocenters. The third-order valence-corrected chi connectivity index (χ3v) is 4.76. The van der Waals surface area contributed by atoms with Gasteiger partial charge in [-0.1, -0.05) is 0 Å². The summed E-state index contributed by atoms with van der Waals surface area (Å²) in [5.74, 6) is -0.0722. The van der Waals surface area contributed by atoms with Crippen LogP contribution in [0.1, 0.15) is 24.5 Å². The van der Waals surface area contributed by atoms with Crippen molar-refractivity contribution in [2.75, 3.05) is 17.7 Å². The normalized spacial score (nSPS) is 11.0. The molecule has 0 aliphatic carbocycles. The fourth-order valence-corrected chi connectivity index (χ4v) is 3.42. The topological polar surface area (TPSA) is 115 Å². The molecular formula is C19H18N6O3S. The van der Waals surface area contributed by atoms with Gasteiger partial charge in [-0.2, -0.15) is 0 Å². The molecule has 0 radical (unpaired) electrons. The minimum absolute atomic E-state index is 0.153. The first kappa shape index (κ1) is 18.8. The fraction of sp³-hybridized carbons (Fsp3) is 0.211. The Balaban J connectivity index is 1.66. The second-order valence-electron chi connectivity index (χ2n) is 6.48. The Morgan fingerprint density at radius 2 is 2.07 bits per heavy atom. The Hall–Kier alpha value is -3.53. The van der Waals surface area contributed by atoms with Crippen molar-refractivity contribution < 1.29 is 13.9 Å². The van der Waals surface area contributed by atoms with Crippen molar-refractivity contribution in [1.82, 2.24) is 20.2 Å². The number of benzene rings is 1. The van der Waals surface area contributed by atoms with Gasteiger partial charge >= 0.3 is 11.9 Å². The molecule has 0 spiro atoms. The summed E-state index contributed by atoms with van der Waals surface area (Å²) < 4.78 is 11.1. The highest BCUT2D eigenvalue weighted by Gasteiger charge is 2.19. The predicted molar refractivity (Wildman–Crippen MR) is 111 cm³/mol. The average molecular weight is 410 g/mol. The van der Waals surface area contributed by atoms with E-state index in [4.69, 9.17) is 4.42 Å². The van der Waals surface area contributed by atoms with Crippen LogP contribution in [0.3, 0.4) is 0 Å². The summed E-state index contributed by atoms with van der Waals surface area (Å²) in [5.41, 5.74) is 5.02. The number of rotatable bonds is 6. The van der Waals surface area contributed by atoms with Crippen molar-refractivity contribution in [1.29, 1.82) is 0 Å². The number of nitrogens with zero attached hydrogens (tertiary/aromatic N) is 4. The van der Waals surface area contributed by atoms with Gasteiger partial charge in [0.2, 0.25) is 0 Å². The first-order valence-electron chi connectivity index (χ1n) is 8.82. The van der Waals surface area contributed by atoms with Crippen LogP contribution in [0.2, 0.25) is 0 Å². The van der Waals surface area contributed by atoms with Gasteiger partial charge in [-0.05, 0) is 32.0 Å². The highest BCUT2D eigenvalue weighted by Crippen LogP contribution is 2.31. The molecule has 0 saturated heterocycles. The van der Waals surface area contributed by atoms with Crippen LogP contribution in [0.4, 0.5) is 17.2 Å². The second kappa shape index (κ2) is 7.84. The molecule has 3 heterocycles. The zero-order chi connectivity index (χ0) is 20.4. The predicted octanol–water partition coefficient (Wildman–Crippen LogP) is 4.09. The molecule has 0 bridgehead atoms. The summed E-state index contributed by atoms with van der Waals surface area (Å²) >= 11 is 1.58. The largest absolute Gasteiger partial charge is 0.462 e. The van der Waals surface area contributed by atoms with Gasteiger partial charge in [-0.15, -0.1) is 21.5 Å². The minimum Gasteiger partial charge on any atom is -0.462 e. The molecule has 0 amide bonds. The van der Waals surface area contributed by atoms with Gasteiger partial charge in [0.15, 0.2) is 0 Å². The van der Waals surface area contributed by atoms with Crippen molar-refractivity contribution in [3.05, 3.63) is 41.9 Å². The Kier molecular flexibility index (Phi) is 5.09. The van der Waals surface area contributed by atoms with Gasteiger partial charge in [-0.3, -0.25) is 0 Å². The second-order valence-corrected chi connectivity index (χ2v) is 7.36. The number of esters is 1. The van der Waals surface area contributed by atoms with Gasteiger partial charge in [0.05, 0.1) is 34.1 Å². The number of aromatic nitrogens is 4. The lowest BCUT2D eigenvalue weighted by atomic mass is 10.2. The molecule has 3 aromatic heterocycles. The van der Waals surface area contributed by atoms with E-state index in [0.717, 1.165) is 21.6 Å². The van der Waals surface area contributed by atoms with Gasteiger partial charge in [0.25, 0.3) is 5.89 Å². The van der Waals surface area contributed by atoms with E-state index in [1.807, 2.05) is 43.6 Å². The van der Waals surface area contributed by atoms with Crippen molar-refractivity contribution in [3.63, 3.8) is 0 Å². The van der Waals surface area contributed by atoms with Gasteiger partial charge in [0, 0.05) is 24.0 Å². The molecular weight excluding hydrogens is 392 g/mol. The third kappa shape index (κ3) is 4.02. The molecule has 0 saturated carbocycles. The van der Waals surface area contributed by atoms with Crippen LogP contribution >= 0.6 is 11.3 Å². The van der Waals surface area contributed by atoms with Crippen molar-refractivity contribution in [2.45, 2.75) is 19.9 Å². The van der Waals surface area contributed by atoms with Crippen LogP contribution in [0, 0.1) is 0 Å². The van der Waals surface area contributed by atoms with Crippen LogP contribution in [-0.2, 0) is 4.74 Å². The van der Waals surface area contributed by atoms with Crippen LogP contribution in [0.15, 0.2) is 40.4 Å². The fourth-order valence-electron chi connectivity index (χ4n) is 2.71. The molecule has 0 aliphatic rings. The number of hydrogen-bond donors (Lipinski definition) is 2. The van der Waals surface area contributed by atoms with E-state index in [-0.39, 0.29) is 17.8 Å². The van der Waals surface area contributed by atoms with E-state index in [9.17, 15) is 4.79 Å². The molecule has 148 valence electrons. The highest BCUT2D eigenvalue weighted by atomic mass is 32.1. The molecule has 10 heteroatoms. The van der Waals surface area contributed by atoms with E-state index in [2.05, 4.69) is 35.5 Å². The van der Waals surface area contributed by atoms with Crippen molar-refractivity contribution >= 4 is 44.7 Å². The number of thiazole rings is 1. The van der Waals surface area contributed by atoms with Crippen molar-refractivity contribution in [3.8, 4) is 11.5 Å². The highest BCUT2D eigenvalue weighted by molar-refractivity contribution is 7.16. The number of ether oxygens (including phenoxy) is 1. The zero-order valence-electron chi connectivity index (χ0n) is 16.0. The minimum atomic E-state index is -0.688. The van der Waals surface area contributed by atoms with Crippen LogP contribution < -0.4 is 10.6 Å². The van der Waals surface area contributed by atoms with Crippen LogP contribution in [-0.4, -0.2) is 39.3 Å². The number of fused-ring (bicyclic) bond motifs is 1. The number of carbonyl (C=O) groups is 1. The van der Waals surface area contributed by atoms with E-state index in [0.29, 0.717) is 11.4 Å². The number of hydrogen-bond acceptors (Lipinski definition) is 10. The molecule has 0 fully saturated rings. The third-order valence-electron chi connectivity index (χ3n) is 3.97. The zero-order valence-corrected chi connectivity index (χ0v) is 16.8. The Labute approximate surface area is 170 Å². The van der Waals surface area contributed by atoms with E-state index < -0.39 is 5.97 Å². The smallest absolute Gasteiger partial charge is 0.396 e. The van der Waals surface area contributed by atoms with E-state index >= 15 is 0 Å². The number of pyridine rings is 1. The standard InChI is InChI=1S/C19H18N6O3S/c1-10(2)22-14-7-16(23-11-4-5-13-15(6-11)29-9-21-13)20-8-12(14)17-24-25-18(28-17)19(26)27-3/h4-10H,1-3H3,(H2,20,22,23). The summed E-state index contributed by atoms with van der Waals surface area (Å²) in [6.07, 6.45) is 1.62. The molecule has 1 aromatic carbocycles. The molecule has 4 aromatic rings. The quantitative estimate of drug-likeness (QED) is 0.453. The van der Waals surface area contributed by atoms with Gasteiger partial charge in [-0.25, -0.2) is 14.8 Å². The maximum absolute atomic E-state index is 11.6. The Morgan fingerprint density at radius 1 is 1.21 bits per heavy atom. The van der Waals surface area contributed by atoms with E-state index in [1.165, 1.54) is 7.11 Å². The summed E-state index contributed by atoms with van der Waals surface area (Å²) in [7, 11) is 1.25. The summed E-state index contributed by atoms with van der Waals surface area (Å²) in [5, 5.41) is 14.3. The van der Waals surface area contributed by atoms with E-state index in [1.54, 1.807) is 17.5 Å². The molecule has 4 rings (SSSR count). The molecule has 9 nitrogen and oxygen atoms in total. The van der Waals surface area contributed by atoms with Gasteiger partial charge in [0.1, 0.15) is 5.82 Å². The van der Waals surface area contributed by atoms with Crippen molar-refractivity contribution in [2.24, 2.45) is 0 Å². The average Bonchev–Trinajstić information content (AvgIpc) is 3.36. The van der Waals surface area contributed by atoms with Crippen LogP contribution in [0.5, 0.6) is 0 Å². The summed E-state index contributed by atoms with van der Waals surface area (Å²) in [6, 6.07) is 7.95. The lowest BCUT2D eigenvalue weighted by Gasteiger charge is -2.15.